The number of aliphatic hydroxyl groups is 1. The Balaban J connectivity index is 1.70. The van der Waals surface area contributed by atoms with Crippen LogP contribution in [0.15, 0.2) is 52.4 Å². The molecule has 2 rings (SSSR count). The fraction of sp³-hybridized carbons (Fsp3) is 0.435. The van der Waals surface area contributed by atoms with Gasteiger partial charge in [0.15, 0.2) is 0 Å². The highest BCUT2D eigenvalue weighted by Crippen LogP contribution is 2.24. The molecule has 158 valence electrons. The van der Waals surface area contributed by atoms with Crippen LogP contribution >= 0.6 is 11.6 Å². The summed E-state index contributed by atoms with van der Waals surface area (Å²) in [6.45, 7) is 6.63. The molecule has 0 spiro atoms. The second-order valence-corrected chi connectivity index (χ2v) is 7.23. The third kappa shape index (κ3) is 7.26. The van der Waals surface area contributed by atoms with E-state index in [0.717, 1.165) is 48.4 Å². The monoisotopic (exact) mass is 420 g/mol. The molecule has 1 atom stereocenters. The van der Waals surface area contributed by atoms with Crippen LogP contribution in [0.5, 0.6) is 11.5 Å². The van der Waals surface area contributed by atoms with Crippen molar-refractivity contribution in [1.29, 1.82) is 0 Å². The molecule has 1 unspecified atom stereocenters. The molecule has 5 nitrogen and oxygen atoms in total. The van der Waals surface area contributed by atoms with Crippen molar-refractivity contribution < 1.29 is 19.0 Å². The highest BCUT2D eigenvalue weighted by Gasteiger charge is 2.12. The Labute approximate surface area is 176 Å². The van der Waals surface area contributed by atoms with Crippen molar-refractivity contribution in [2.75, 3.05) is 19.8 Å². The second kappa shape index (κ2) is 12.3. The van der Waals surface area contributed by atoms with E-state index in [9.17, 15) is 9.90 Å². The highest BCUT2D eigenvalue weighted by molar-refractivity contribution is 6.30. The number of benzene rings is 1. The molecule has 1 N–H and O–H groups in total. The molecular weight excluding hydrogens is 392 g/mol. The molecule has 0 aliphatic rings. The molecule has 0 aliphatic heterocycles. The van der Waals surface area contributed by atoms with Crippen LogP contribution in [0.3, 0.4) is 0 Å². The van der Waals surface area contributed by atoms with Crippen LogP contribution in [0.25, 0.3) is 0 Å². The Morgan fingerprint density at radius 3 is 2.52 bits per heavy atom. The minimum absolute atomic E-state index is 0.162. The number of aliphatic hydroxyl groups excluding tert-OH is 1. The van der Waals surface area contributed by atoms with Crippen LogP contribution in [0.1, 0.15) is 49.8 Å². The zero-order valence-corrected chi connectivity index (χ0v) is 17.6. The van der Waals surface area contributed by atoms with Crippen molar-refractivity contribution in [3.63, 3.8) is 0 Å². The molecule has 0 bridgehead atoms. The maximum Gasteiger partial charge on any atom is 0.227 e. The van der Waals surface area contributed by atoms with Crippen LogP contribution < -0.4 is 14.9 Å². The zero-order chi connectivity index (χ0) is 21.1. The van der Waals surface area contributed by atoms with Gasteiger partial charge in [-0.2, -0.15) is 0 Å². The van der Waals surface area contributed by atoms with Gasteiger partial charge in [-0.05, 0) is 49.4 Å². The minimum atomic E-state index is -0.393. The number of hydrogen-bond acceptors (Lipinski definition) is 5. The summed E-state index contributed by atoms with van der Waals surface area (Å²) < 4.78 is 16.8. The first kappa shape index (κ1) is 23.0. The second-order valence-electron chi connectivity index (χ2n) is 6.80. The average Bonchev–Trinajstić information content (AvgIpc) is 2.71. The van der Waals surface area contributed by atoms with E-state index in [-0.39, 0.29) is 17.8 Å². The Hall–Kier alpha value is -2.24. The maximum atomic E-state index is 12.1. The quantitative estimate of drug-likeness (QED) is 0.359. The van der Waals surface area contributed by atoms with Gasteiger partial charge in [0, 0.05) is 11.1 Å². The summed E-state index contributed by atoms with van der Waals surface area (Å²) in [4.78, 5) is 12.1. The van der Waals surface area contributed by atoms with Crippen LogP contribution in [0, 0.1) is 0 Å². The number of unbranched alkanes of at least 4 members (excludes halogenated alkanes) is 2. The fourth-order valence-corrected chi connectivity index (χ4v) is 3.09. The van der Waals surface area contributed by atoms with Crippen molar-refractivity contribution in [1.82, 2.24) is 0 Å². The molecular formula is C23H29ClO5. The molecule has 1 heterocycles. The van der Waals surface area contributed by atoms with E-state index in [4.69, 9.17) is 25.5 Å². The molecule has 2 aromatic rings. The number of rotatable bonds is 13. The van der Waals surface area contributed by atoms with Crippen molar-refractivity contribution in [2.24, 2.45) is 0 Å². The third-order valence-corrected chi connectivity index (χ3v) is 4.75. The van der Waals surface area contributed by atoms with Crippen molar-refractivity contribution >= 4 is 11.6 Å². The number of hydrogen-bond donors (Lipinski definition) is 1. The molecule has 0 fully saturated rings. The summed E-state index contributed by atoms with van der Waals surface area (Å²) in [5.41, 5.74) is 0.875. The lowest BCUT2D eigenvalue weighted by Gasteiger charge is -2.12. The SMILES string of the molecule is C=CC(CO)c1cc(=O)c(OCCCCCOc2ccc(Cl)cc2CCC)co1. The summed E-state index contributed by atoms with van der Waals surface area (Å²) in [6, 6.07) is 7.07. The Morgan fingerprint density at radius 1 is 1.17 bits per heavy atom. The zero-order valence-electron chi connectivity index (χ0n) is 16.9. The average molecular weight is 421 g/mol. The lowest BCUT2D eigenvalue weighted by Crippen LogP contribution is -2.11. The van der Waals surface area contributed by atoms with Gasteiger partial charge in [-0.25, -0.2) is 0 Å². The molecule has 1 aromatic carbocycles. The van der Waals surface area contributed by atoms with Gasteiger partial charge in [-0.1, -0.05) is 31.0 Å². The largest absolute Gasteiger partial charge is 0.493 e. The van der Waals surface area contributed by atoms with Crippen molar-refractivity contribution in [3.05, 3.63) is 69.8 Å². The number of ether oxygens (including phenoxy) is 2. The van der Waals surface area contributed by atoms with Gasteiger partial charge < -0.3 is 19.0 Å². The van der Waals surface area contributed by atoms with Gasteiger partial charge in [0.25, 0.3) is 0 Å². The van der Waals surface area contributed by atoms with E-state index >= 15 is 0 Å². The standard InChI is InChI=1S/C23H29ClO5/c1-3-8-18-13-19(24)9-10-21(18)27-11-6-5-7-12-28-23-16-29-22(14-20(23)26)17(4-2)15-25/h4,9-10,13-14,16-17,25H,2-3,5-8,11-12,15H2,1H3. The van der Waals surface area contributed by atoms with E-state index in [1.165, 1.54) is 18.4 Å². The molecule has 0 saturated carbocycles. The summed E-state index contributed by atoms with van der Waals surface area (Å²) >= 11 is 6.06. The first-order valence-electron chi connectivity index (χ1n) is 9.99. The predicted molar refractivity (Wildman–Crippen MR) is 115 cm³/mol. The number of halogens is 1. The Kier molecular flexibility index (Phi) is 9.81. The van der Waals surface area contributed by atoms with Gasteiger partial charge in [0.05, 0.1) is 25.7 Å². The van der Waals surface area contributed by atoms with Crippen LogP contribution in [-0.4, -0.2) is 24.9 Å². The molecule has 0 amide bonds. The normalized spacial score (nSPS) is 11.8. The van der Waals surface area contributed by atoms with Crippen LogP contribution in [0.4, 0.5) is 0 Å². The van der Waals surface area contributed by atoms with Gasteiger partial charge in [0.1, 0.15) is 17.8 Å². The lowest BCUT2D eigenvalue weighted by atomic mass is 10.1. The van der Waals surface area contributed by atoms with Crippen molar-refractivity contribution in [3.8, 4) is 11.5 Å². The Morgan fingerprint density at radius 2 is 1.90 bits per heavy atom. The molecule has 0 aliphatic carbocycles. The summed E-state index contributed by atoms with van der Waals surface area (Å²) in [7, 11) is 0. The summed E-state index contributed by atoms with van der Waals surface area (Å²) in [5.74, 6) is 1.05. The van der Waals surface area contributed by atoms with Crippen LogP contribution in [0.2, 0.25) is 5.02 Å². The van der Waals surface area contributed by atoms with Gasteiger partial charge in [-0.3, -0.25) is 4.79 Å². The van der Waals surface area contributed by atoms with E-state index in [0.29, 0.717) is 19.0 Å². The molecule has 1 aromatic heterocycles. The van der Waals surface area contributed by atoms with Gasteiger partial charge >= 0.3 is 0 Å². The summed E-state index contributed by atoms with van der Waals surface area (Å²) in [6.07, 6.45) is 7.43. The molecule has 29 heavy (non-hydrogen) atoms. The van der Waals surface area contributed by atoms with Crippen molar-refractivity contribution in [2.45, 2.75) is 44.9 Å². The summed E-state index contributed by atoms with van der Waals surface area (Å²) in [5, 5.41) is 9.96. The maximum absolute atomic E-state index is 12.1. The molecule has 0 saturated heterocycles. The Bertz CT molecular complexity index is 830. The van der Waals surface area contributed by atoms with E-state index in [1.807, 2.05) is 18.2 Å². The highest BCUT2D eigenvalue weighted by atomic mass is 35.5. The van der Waals surface area contributed by atoms with Crippen LogP contribution in [-0.2, 0) is 6.42 Å². The topological polar surface area (TPSA) is 68.9 Å². The fourth-order valence-electron chi connectivity index (χ4n) is 2.89. The number of aryl methyl sites for hydroxylation is 1. The van der Waals surface area contributed by atoms with Gasteiger partial charge in [-0.15, -0.1) is 6.58 Å². The minimum Gasteiger partial charge on any atom is -0.493 e. The third-order valence-electron chi connectivity index (χ3n) is 4.51. The smallest absolute Gasteiger partial charge is 0.227 e. The molecule has 0 radical (unpaired) electrons. The van der Waals surface area contributed by atoms with Gasteiger partial charge in [0.2, 0.25) is 11.2 Å². The first-order valence-corrected chi connectivity index (χ1v) is 10.4. The predicted octanol–water partition coefficient (Wildman–Crippen LogP) is 5.14. The first-order chi connectivity index (χ1) is 14.1. The van der Waals surface area contributed by atoms with E-state index in [2.05, 4.69) is 13.5 Å². The lowest BCUT2D eigenvalue weighted by molar-refractivity contribution is 0.257. The molecule has 6 heteroatoms. The van der Waals surface area contributed by atoms with E-state index in [1.54, 1.807) is 0 Å². The van der Waals surface area contributed by atoms with E-state index < -0.39 is 5.92 Å².